The van der Waals surface area contributed by atoms with Gasteiger partial charge >= 0.3 is 0 Å². The van der Waals surface area contributed by atoms with Gasteiger partial charge in [0.05, 0.1) is 12.4 Å². The average molecular weight is 261 g/mol. The first kappa shape index (κ1) is 13.4. The second kappa shape index (κ2) is 6.24. The topological polar surface area (TPSA) is 47.0 Å². The second-order valence-corrected chi connectivity index (χ2v) is 4.25. The molecule has 4 nitrogen and oxygen atoms in total. The number of benzene rings is 1. The van der Waals surface area contributed by atoms with E-state index in [1.165, 1.54) is 12.1 Å². The summed E-state index contributed by atoms with van der Waals surface area (Å²) >= 11 is 0. The number of halogens is 1. The van der Waals surface area contributed by atoms with Crippen molar-refractivity contribution in [2.75, 3.05) is 13.7 Å². The Morgan fingerprint density at radius 3 is 2.68 bits per heavy atom. The first-order valence-corrected chi connectivity index (χ1v) is 6.07. The Balaban J connectivity index is 2.06. The molecule has 19 heavy (non-hydrogen) atoms. The summed E-state index contributed by atoms with van der Waals surface area (Å²) in [7, 11) is 1.87. The van der Waals surface area contributed by atoms with Crippen LogP contribution < -0.4 is 10.1 Å². The largest absolute Gasteiger partial charge is 0.489 e. The molecule has 0 aliphatic rings. The van der Waals surface area contributed by atoms with E-state index >= 15 is 0 Å². The van der Waals surface area contributed by atoms with Crippen molar-refractivity contribution in [1.82, 2.24) is 15.3 Å². The fourth-order valence-electron chi connectivity index (χ4n) is 1.47. The van der Waals surface area contributed by atoms with Crippen LogP contribution in [-0.2, 0) is 0 Å². The quantitative estimate of drug-likeness (QED) is 0.897. The third-order valence-electron chi connectivity index (χ3n) is 2.70. The Hall–Kier alpha value is -2.01. The molecule has 0 amide bonds. The minimum absolute atomic E-state index is 0.253. The minimum atomic E-state index is -0.302. The van der Waals surface area contributed by atoms with Crippen LogP contribution in [0.25, 0.3) is 11.4 Å². The predicted octanol–water partition coefficient (Wildman–Crippen LogP) is 2.27. The van der Waals surface area contributed by atoms with Gasteiger partial charge in [0.1, 0.15) is 12.4 Å². The van der Waals surface area contributed by atoms with Crippen LogP contribution in [0, 0.1) is 5.82 Å². The maximum atomic E-state index is 13.1. The average Bonchev–Trinajstić information content (AvgIpc) is 2.45. The molecular formula is C14H16FN3O. The van der Waals surface area contributed by atoms with E-state index in [2.05, 4.69) is 15.3 Å². The van der Waals surface area contributed by atoms with Gasteiger partial charge in [0.2, 0.25) is 0 Å². The lowest BCUT2D eigenvalue weighted by atomic mass is 10.2. The summed E-state index contributed by atoms with van der Waals surface area (Å²) in [5, 5.41) is 3.07. The summed E-state index contributed by atoms with van der Waals surface area (Å²) in [4.78, 5) is 8.34. The SMILES string of the molecule is CNC(C)COc1cnc(-c2cccc(F)c2)nc1. The van der Waals surface area contributed by atoms with Gasteiger partial charge in [-0.2, -0.15) is 0 Å². The third-order valence-corrected chi connectivity index (χ3v) is 2.70. The number of nitrogens with one attached hydrogen (secondary N) is 1. The third kappa shape index (κ3) is 3.72. The first-order valence-electron chi connectivity index (χ1n) is 6.07. The fourth-order valence-corrected chi connectivity index (χ4v) is 1.47. The summed E-state index contributed by atoms with van der Waals surface area (Å²) in [5.74, 6) is 0.778. The van der Waals surface area contributed by atoms with Gasteiger partial charge in [0.15, 0.2) is 11.6 Å². The van der Waals surface area contributed by atoms with Crippen LogP contribution in [0.1, 0.15) is 6.92 Å². The number of hydrogen-bond donors (Lipinski definition) is 1. The summed E-state index contributed by atoms with van der Waals surface area (Å²) < 4.78 is 18.6. The predicted molar refractivity (Wildman–Crippen MR) is 71.4 cm³/mol. The zero-order valence-corrected chi connectivity index (χ0v) is 10.9. The molecule has 0 aliphatic carbocycles. The van der Waals surface area contributed by atoms with Gasteiger partial charge in [-0.15, -0.1) is 0 Å². The van der Waals surface area contributed by atoms with Crippen LogP contribution >= 0.6 is 0 Å². The van der Waals surface area contributed by atoms with E-state index in [-0.39, 0.29) is 11.9 Å². The Kier molecular flexibility index (Phi) is 4.41. The standard InChI is InChI=1S/C14H16FN3O/c1-10(16-2)9-19-13-7-17-14(18-8-13)11-4-3-5-12(15)6-11/h3-8,10,16H,9H2,1-2H3. The number of aromatic nitrogens is 2. The van der Waals surface area contributed by atoms with E-state index in [4.69, 9.17) is 4.74 Å². The van der Waals surface area contributed by atoms with Gasteiger partial charge in [-0.3, -0.25) is 0 Å². The molecule has 0 aliphatic heterocycles. The van der Waals surface area contributed by atoms with Crippen LogP contribution in [0.5, 0.6) is 5.75 Å². The molecule has 1 N–H and O–H groups in total. The second-order valence-electron chi connectivity index (χ2n) is 4.25. The molecule has 0 spiro atoms. The van der Waals surface area contributed by atoms with Crippen LogP contribution in [0.2, 0.25) is 0 Å². The van der Waals surface area contributed by atoms with Crippen LogP contribution in [-0.4, -0.2) is 29.7 Å². The van der Waals surface area contributed by atoms with Crippen molar-refractivity contribution in [2.24, 2.45) is 0 Å². The van der Waals surface area contributed by atoms with Crippen LogP contribution in [0.3, 0.4) is 0 Å². The van der Waals surface area contributed by atoms with E-state index in [0.29, 0.717) is 23.7 Å². The molecule has 100 valence electrons. The Morgan fingerprint density at radius 1 is 1.32 bits per heavy atom. The number of ether oxygens (including phenoxy) is 1. The highest BCUT2D eigenvalue weighted by atomic mass is 19.1. The van der Waals surface area contributed by atoms with Crippen LogP contribution in [0.4, 0.5) is 4.39 Å². The van der Waals surface area contributed by atoms with E-state index in [0.717, 1.165) is 0 Å². The molecule has 0 saturated carbocycles. The molecule has 2 aromatic rings. The maximum Gasteiger partial charge on any atom is 0.159 e. The van der Waals surface area contributed by atoms with E-state index in [9.17, 15) is 4.39 Å². The highest BCUT2D eigenvalue weighted by Gasteiger charge is 2.04. The van der Waals surface area contributed by atoms with Crippen molar-refractivity contribution in [2.45, 2.75) is 13.0 Å². The molecule has 1 aromatic heterocycles. The first-order chi connectivity index (χ1) is 9.19. The molecule has 1 atom stereocenters. The van der Waals surface area contributed by atoms with E-state index < -0.39 is 0 Å². The molecule has 1 aromatic carbocycles. The van der Waals surface area contributed by atoms with E-state index in [1.807, 2.05) is 14.0 Å². The molecule has 0 fully saturated rings. The summed E-state index contributed by atoms with van der Waals surface area (Å²) in [6, 6.07) is 6.44. The Labute approximate surface area is 111 Å². The van der Waals surface area contributed by atoms with Gasteiger partial charge in [-0.25, -0.2) is 14.4 Å². The van der Waals surface area contributed by atoms with Crippen molar-refractivity contribution in [1.29, 1.82) is 0 Å². The monoisotopic (exact) mass is 261 g/mol. The molecule has 0 saturated heterocycles. The molecule has 5 heteroatoms. The fraction of sp³-hybridized carbons (Fsp3) is 0.286. The van der Waals surface area contributed by atoms with Crippen molar-refractivity contribution in [3.05, 3.63) is 42.5 Å². The van der Waals surface area contributed by atoms with Gasteiger partial charge in [-0.05, 0) is 26.1 Å². The molecule has 1 heterocycles. The lowest BCUT2D eigenvalue weighted by Gasteiger charge is -2.11. The number of nitrogens with zero attached hydrogens (tertiary/aromatic N) is 2. The zero-order valence-electron chi connectivity index (χ0n) is 10.9. The number of hydrogen-bond acceptors (Lipinski definition) is 4. The number of likely N-dealkylation sites (N-methyl/N-ethyl adjacent to an activating group) is 1. The lowest BCUT2D eigenvalue weighted by Crippen LogP contribution is -2.28. The minimum Gasteiger partial charge on any atom is -0.489 e. The smallest absolute Gasteiger partial charge is 0.159 e. The molecule has 2 rings (SSSR count). The summed E-state index contributed by atoms with van der Waals surface area (Å²) in [6.07, 6.45) is 3.19. The molecule has 1 unspecified atom stereocenters. The van der Waals surface area contributed by atoms with Crippen LogP contribution in [0.15, 0.2) is 36.7 Å². The Bertz CT molecular complexity index is 530. The van der Waals surface area contributed by atoms with Gasteiger partial charge in [0, 0.05) is 11.6 Å². The summed E-state index contributed by atoms with van der Waals surface area (Å²) in [5.41, 5.74) is 0.648. The summed E-state index contributed by atoms with van der Waals surface area (Å²) in [6.45, 7) is 2.56. The molecule has 0 radical (unpaired) electrons. The van der Waals surface area contributed by atoms with Gasteiger partial charge in [0.25, 0.3) is 0 Å². The lowest BCUT2D eigenvalue weighted by molar-refractivity contribution is 0.278. The highest BCUT2D eigenvalue weighted by molar-refractivity contribution is 5.54. The molecular weight excluding hydrogens is 245 g/mol. The van der Waals surface area contributed by atoms with Gasteiger partial charge < -0.3 is 10.1 Å². The normalized spacial score (nSPS) is 12.2. The highest BCUT2D eigenvalue weighted by Crippen LogP contribution is 2.17. The van der Waals surface area contributed by atoms with Gasteiger partial charge in [-0.1, -0.05) is 12.1 Å². The van der Waals surface area contributed by atoms with E-state index in [1.54, 1.807) is 24.5 Å². The molecule has 0 bridgehead atoms. The van der Waals surface area contributed by atoms with Crippen molar-refractivity contribution >= 4 is 0 Å². The Morgan fingerprint density at radius 2 is 2.05 bits per heavy atom. The van der Waals surface area contributed by atoms with Crippen molar-refractivity contribution < 1.29 is 9.13 Å². The van der Waals surface area contributed by atoms with Crippen molar-refractivity contribution in [3.8, 4) is 17.1 Å². The number of rotatable bonds is 5. The van der Waals surface area contributed by atoms with Crippen molar-refractivity contribution in [3.63, 3.8) is 0 Å². The maximum absolute atomic E-state index is 13.1. The zero-order chi connectivity index (χ0) is 13.7.